The van der Waals surface area contributed by atoms with Gasteiger partial charge in [-0.05, 0) is 62.2 Å². The van der Waals surface area contributed by atoms with Crippen LogP contribution in [-0.4, -0.2) is 102 Å². The van der Waals surface area contributed by atoms with Gasteiger partial charge in [-0.1, -0.05) is 13.0 Å². The molecular formula is C28H46FN3O6. The molecule has 2 aliphatic heterocycles. The quantitative estimate of drug-likeness (QED) is 0.170. The highest BCUT2D eigenvalue weighted by Gasteiger charge is 2.31. The first kappa shape index (κ1) is 30.7. The minimum absolute atomic E-state index is 0.00346. The molecular weight excluding hydrogens is 493 g/mol. The van der Waals surface area contributed by atoms with E-state index in [0.717, 1.165) is 25.9 Å². The van der Waals surface area contributed by atoms with Crippen LogP contribution < -0.4 is 15.4 Å². The standard InChI is InChI=1S/C28H46FN3O6/c1-28(7-9-30-10-8-28)6-2-3-11-38-23-5-4-21(24(29)14-23)12-27(37)32-17-20(18-32)15-31-16-22(34)13-25(35)26(36)19-33/h4-5,14,20,22,25-26,30-31,33-36H,2-3,6-13,15-19H2,1H3/t22-,25+,26-/m1/s1. The first-order valence-electron chi connectivity index (χ1n) is 13.9. The molecule has 1 amide bonds. The summed E-state index contributed by atoms with van der Waals surface area (Å²) >= 11 is 0. The number of amides is 1. The maximum absolute atomic E-state index is 14.6. The third-order valence-corrected chi connectivity index (χ3v) is 7.89. The average Bonchev–Trinajstić information content (AvgIpc) is 2.86. The molecule has 0 saturated carbocycles. The van der Waals surface area contributed by atoms with E-state index in [4.69, 9.17) is 9.84 Å². The van der Waals surface area contributed by atoms with Crippen molar-refractivity contribution in [2.75, 3.05) is 52.5 Å². The van der Waals surface area contributed by atoms with Crippen molar-refractivity contribution in [2.24, 2.45) is 11.3 Å². The third kappa shape index (κ3) is 9.73. The van der Waals surface area contributed by atoms with Crippen LogP contribution in [0.1, 0.15) is 51.0 Å². The summed E-state index contributed by atoms with van der Waals surface area (Å²) in [4.78, 5) is 14.3. The normalized spacial score (nSPS) is 20.0. The molecule has 0 aliphatic carbocycles. The molecule has 216 valence electrons. The summed E-state index contributed by atoms with van der Waals surface area (Å²) < 4.78 is 20.4. The molecule has 2 aliphatic rings. The van der Waals surface area contributed by atoms with Gasteiger partial charge in [-0.3, -0.25) is 4.79 Å². The second-order valence-corrected chi connectivity index (χ2v) is 11.3. The van der Waals surface area contributed by atoms with Gasteiger partial charge >= 0.3 is 0 Å². The maximum atomic E-state index is 14.6. The van der Waals surface area contributed by atoms with Crippen molar-refractivity contribution in [3.63, 3.8) is 0 Å². The van der Waals surface area contributed by atoms with Crippen LogP contribution in [-0.2, 0) is 11.2 Å². The second kappa shape index (κ2) is 15.1. The smallest absolute Gasteiger partial charge is 0.227 e. The molecule has 6 N–H and O–H groups in total. The molecule has 3 atom stereocenters. The summed E-state index contributed by atoms with van der Waals surface area (Å²) in [5.74, 6) is 0.167. The summed E-state index contributed by atoms with van der Waals surface area (Å²) in [6.45, 7) is 6.48. The highest BCUT2D eigenvalue weighted by Crippen LogP contribution is 2.33. The van der Waals surface area contributed by atoms with Crippen LogP contribution in [0.3, 0.4) is 0 Å². The summed E-state index contributed by atoms with van der Waals surface area (Å²) in [5, 5.41) is 44.2. The second-order valence-electron chi connectivity index (χ2n) is 11.3. The van der Waals surface area contributed by atoms with Crippen LogP contribution in [0.2, 0.25) is 0 Å². The Morgan fingerprint density at radius 1 is 1.21 bits per heavy atom. The molecule has 2 saturated heterocycles. The largest absolute Gasteiger partial charge is 0.493 e. The Bertz CT molecular complexity index is 863. The number of rotatable bonds is 16. The molecule has 38 heavy (non-hydrogen) atoms. The summed E-state index contributed by atoms with van der Waals surface area (Å²) in [6, 6.07) is 4.72. The molecule has 2 heterocycles. The summed E-state index contributed by atoms with van der Waals surface area (Å²) in [5.41, 5.74) is 0.770. The zero-order valence-corrected chi connectivity index (χ0v) is 22.6. The van der Waals surface area contributed by atoms with Gasteiger partial charge in [0.25, 0.3) is 0 Å². The van der Waals surface area contributed by atoms with Gasteiger partial charge in [0.05, 0.1) is 31.8 Å². The predicted molar refractivity (Wildman–Crippen MR) is 142 cm³/mol. The first-order chi connectivity index (χ1) is 18.2. The van der Waals surface area contributed by atoms with Crippen molar-refractivity contribution in [3.8, 4) is 5.75 Å². The van der Waals surface area contributed by atoms with Gasteiger partial charge in [-0.25, -0.2) is 4.39 Å². The number of piperidine rings is 1. The van der Waals surface area contributed by atoms with Gasteiger partial charge in [0, 0.05) is 44.6 Å². The van der Waals surface area contributed by atoms with E-state index in [1.165, 1.54) is 25.3 Å². The van der Waals surface area contributed by atoms with Gasteiger partial charge in [-0.15, -0.1) is 0 Å². The molecule has 2 fully saturated rings. The first-order valence-corrected chi connectivity index (χ1v) is 13.9. The number of likely N-dealkylation sites (tertiary alicyclic amines) is 1. The highest BCUT2D eigenvalue weighted by molar-refractivity contribution is 5.79. The van der Waals surface area contributed by atoms with E-state index in [1.807, 2.05) is 0 Å². The van der Waals surface area contributed by atoms with Gasteiger partial charge in [0.15, 0.2) is 0 Å². The van der Waals surface area contributed by atoms with Crippen molar-refractivity contribution in [1.29, 1.82) is 0 Å². The Kier molecular flexibility index (Phi) is 12.2. The van der Waals surface area contributed by atoms with Crippen molar-refractivity contribution >= 4 is 5.91 Å². The van der Waals surface area contributed by atoms with Crippen molar-refractivity contribution in [3.05, 3.63) is 29.6 Å². The molecule has 0 radical (unpaired) electrons. The van der Waals surface area contributed by atoms with Gasteiger partial charge in [-0.2, -0.15) is 0 Å². The fraction of sp³-hybridized carbons (Fsp3) is 0.750. The zero-order chi connectivity index (χ0) is 27.5. The third-order valence-electron chi connectivity index (χ3n) is 7.89. The minimum atomic E-state index is -1.27. The fourth-order valence-corrected chi connectivity index (χ4v) is 5.16. The zero-order valence-electron chi connectivity index (χ0n) is 22.6. The molecule has 1 aromatic rings. The predicted octanol–water partition coefficient (Wildman–Crippen LogP) is 0.820. The fourth-order valence-electron chi connectivity index (χ4n) is 5.16. The van der Waals surface area contributed by atoms with Crippen molar-refractivity contribution in [1.82, 2.24) is 15.5 Å². The Hall–Kier alpha value is -1.82. The van der Waals surface area contributed by atoms with Gasteiger partial charge < -0.3 is 40.7 Å². The number of ether oxygens (including phenoxy) is 1. The van der Waals surface area contributed by atoms with Crippen LogP contribution in [0.15, 0.2) is 18.2 Å². The van der Waals surface area contributed by atoms with E-state index in [0.29, 0.717) is 43.0 Å². The monoisotopic (exact) mass is 539 g/mol. The van der Waals surface area contributed by atoms with Crippen molar-refractivity contribution < 1.29 is 34.3 Å². The molecule has 3 rings (SSSR count). The topological polar surface area (TPSA) is 135 Å². The number of benzene rings is 1. The van der Waals surface area contributed by atoms with E-state index >= 15 is 0 Å². The van der Waals surface area contributed by atoms with E-state index in [2.05, 4.69) is 17.6 Å². The molecule has 0 spiro atoms. The van der Waals surface area contributed by atoms with E-state index in [-0.39, 0.29) is 31.2 Å². The Labute approximate surface area is 225 Å². The SMILES string of the molecule is CC1(CCCCOc2ccc(CC(=O)N3CC(CNC[C@H](O)C[C@H](O)[C@H](O)CO)C3)c(F)c2)CCNCC1. The van der Waals surface area contributed by atoms with Gasteiger partial charge in [0.1, 0.15) is 17.7 Å². The summed E-state index contributed by atoms with van der Waals surface area (Å²) in [6.07, 6.45) is 2.28. The molecule has 1 aromatic carbocycles. The Balaban J connectivity index is 1.28. The van der Waals surface area contributed by atoms with E-state index < -0.39 is 30.7 Å². The van der Waals surface area contributed by atoms with Crippen LogP contribution in [0.4, 0.5) is 4.39 Å². The molecule has 0 aromatic heterocycles. The Morgan fingerprint density at radius 2 is 1.95 bits per heavy atom. The van der Waals surface area contributed by atoms with Gasteiger partial charge in [0.2, 0.25) is 5.91 Å². The number of aliphatic hydroxyl groups is 4. The van der Waals surface area contributed by atoms with Crippen LogP contribution in [0.25, 0.3) is 0 Å². The number of aliphatic hydroxyl groups excluding tert-OH is 4. The van der Waals surface area contributed by atoms with E-state index in [1.54, 1.807) is 17.0 Å². The number of hydrogen-bond donors (Lipinski definition) is 6. The summed E-state index contributed by atoms with van der Waals surface area (Å²) in [7, 11) is 0. The minimum Gasteiger partial charge on any atom is -0.493 e. The Morgan fingerprint density at radius 3 is 2.63 bits per heavy atom. The highest BCUT2D eigenvalue weighted by atomic mass is 19.1. The molecule has 0 unspecified atom stereocenters. The van der Waals surface area contributed by atoms with Crippen LogP contribution in [0, 0.1) is 17.2 Å². The lowest BCUT2D eigenvalue weighted by Gasteiger charge is -2.39. The van der Waals surface area contributed by atoms with Crippen LogP contribution in [0.5, 0.6) is 5.75 Å². The molecule has 9 nitrogen and oxygen atoms in total. The van der Waals surface area contributed by atoms with Crippen LogP contribution >= 0.6 is 0 Å². The molecule has 0 bridgehead atoms. The number of nitrogens with one attached hydrogen (secondary N) is 2. The van der Waals surface area contributed by atoms with E-state index in [9.17, 15) is 24.5 Å². The molecule has 10 heteroatoms. The number of carbonyl (C=O) groups is 1. The average molecular weight is 540 g/mol. The lowest BCUT2D eigenvalue weighted by Crippen LogP contribution is -2.54. The number of halogens is 1. The number of unbranched alkanes of at least 4 members (excludes halogenated alkanes) is 1. The lowest BCUT2D eigenvalue weighted by atomic mass is 9.77. The number of nitrogens with zero attached hydrogens (tertiary/aromatic N) is 1. The van der Waals surface area contributed by atoms with Crippen molar-refractivity contribution in [2.45, 2.75) is 70.2 Å². The number of hydrogen-bond acceptors (Lipinski definition) is 8. The lowest BCUT2D eigenvalue weighted by molar-refractivity contribution is -0.136. The maximum Gasteiger partial charge on any atom is 0.227 e. The number of carbonyl (C=O) groups excluding carboxylic acids is 1.